The second-order valence-electron chi connectivity index (χ2n) is 7.85. The number of carbonyl (C=O) groups excluding carboxylic acids is 2. The molecule has 0 amide bonds. The molecule has 1 atom stereocenters. The lowest BCUT2D eigenvalue weighted by atomic mass is 9.70. The highest BCUT2D eigenvalue weighted by Crippen LogP contribution is 2.45. The van der Waals surface area contributed by atoms with E-state index in [1.54, 1.807) is 12.1 Å². The molecule has 1 heterocycles. The van der Waals surface area contributed by atoms with Crippen molar-refractivity contribution in [3.8, 4) is 6.07 Å². The van der Waals surface area contributed by atoms with Gasteiger partial charge < -0.3 is 5.32 Å². The zero-order valence-electron chi connectivity index (χ0n) is 16.0. The number of carbonyl (C=O) groups is 2. The Balaban J connectivity index is 1.85. The van der Waals surface area contributed by atoms with Gasteiger partial charge in [0.05, 0.1) is 22.4 Å². The lowest BCUT2D eigenvalue weighted by molar-refractivity contribution is -0.118. The summed E-state index contributed by atoms with van der Waals surface area (Å²) in [5.74, 6) is 0.246. The third-order valence-electron chi connectivity index (χ3n) is 5.10. The van der Waals surface area contributed by atoms with Gasteiger partial charge in [-0.05, 0) is 18.3 Å². The van der Waals surface area contributed by atoms with Crippen LogP contribution in [0.25, 0.3) is 0 Å². The highest BCUT2D eigenvalue weighted by Gasteiger charge is 2.40. The van der Waals surface area contributed by atoms with Crippen molar-refractivity contribution >= 4 is 23.3 Å². The molecular weight excluding hydrogens is 356 g/mol. The van der Waals surface area contributed by atoms with Gasteiger partial charge in [0.2, 0.25) is 0 Å². The van der Waals surface area contributed by atoms with Crippen LogP contribution in [0.2, 0.25) is 0 Å². The first-order valence-corrected chi connectivity index (χ1v) is 10.2. The van der Waals surface area contributed by atoms with Gasteiger partial charge in [-0.3, -0.25) is 9.59 Å². The number of nitrogens with zero attached hydrogens (tertiary/aromatic N) is 1. The maximum absolute atomic E-state index is 12.7. The van der Waals surface area contributed by atoms with E-state index in [2.05, 4.69) is 25.2 Å². The normalized spacial score (nSPS) is 21.4. The third-order valence-corrected chi connectivity index (χ3v) is 6.12. The molecule has 0 spiro atoms. The quantitative estimate of drug-likeness (QED) is 0.755. The van der Waals surface area contributed by atoms with Crippen LogP contribution in [0.15, 0.2) is 52.2 Å². The van der Waals surface area contributed by atoms with E-state index >= 15 is 0 Å². The van der Waals surface area contributed by atoms with Crippen LogP contribution in [0.3, 0.4) is 0 Å². The van der Waals surface area contributed by atoms with Gasteiger partial charge in [-0.25, -0.2) is 0 Å². The number of nitriles is 1. The van der Waals surface area contributed by atoms with Crippen LogP contribution in [0.1, 0.15) is 50.4 Å². The minimum absolute atomic E-state index is 0.0278. The Morgan fingerprint density at radius 2 is 2.00 bits per heavy atom. The van der Waals surface area contributed by atoms with E-state index in [9.17, 15) is 14.9 Å². The fraction of sp³-hybridized carbons (Fsp3) is 0.409. The second kappa shape index (κ2) is 7.74. The number of dihydropyridines is 1. The molecule has 1 aromatic carbocycles. The number of hydrogen-bond acceptors (Lipinski definition) is 5. The number of rotatable bonds is 5. The van der Waals surface area contributed by atoms with E-state index in [-0.39, 0.29) is 28.7 Å². The molecule has 3 rings (SSSR count). The van der Waals surface area contributed by atoms with Crippen molar-refractivity contribution in [1.29, 1.82) is 5.26 Å². The molecule has 1 unspecified atom stereocenters. The summed E-state index contributed by atoms with van der Waals surface area (Å²) in [6.45, 7) is 6.18. The van der Waals surface area contributed by atoms with Crippen molar-refractivity contribution in [2.45, 2.75) is 40.0 Å². The van der Waals surface area contributed by atoms with Crippen molar-refractivity contribution in [2.75, 3.05) is 5.75 Å². The standard InChI is InChI=1S/C22H24N2O2S/c1-4-15-16(12-23)21(27-13-19(26)14-8-6-5-7-9-14)24-17-10-22(2,3)11-18(25)20(15)17/h5-9,15,24H,4,10-11,13H2,1-3H3. The number of hydrogen-bond donors (Lipinski definition) is 1. The first-order valence-electron chi connectivity index (χ1n) is 9.25. The molecule has 1 aromatic rings. The van der Waals surface area contributed by atoms with Crippen molar-refractivity contribution in [3.63, 3.8) is 0 Å². The molecule has 5 heteroatoms. The third kappa shape index (κ3) is 4.01. The van der Waals surface area contributed by atoms with Gasteiger partial charge in [0, 0.05) is 29.2 Å². The fourth-order valence-corrected chi connectivity index (χ4v) is 4.83. The van der Waals surface area contributed by atoms with Crippen molar-refractivity contribution < 1.29 is 9.59 Å². The summed E-state index contributed by atoms with van der Waals surface area (Å²) in [5, 5.41) is 13.8. The highest BCUT2D eigenvalue weighted by molar-refractivity contribution is 8.03. The van der Waals surface area contributed by atoms with E-state index in [4.69, 9.17) is 0 Å². The van der Waals surface area contributed by atoms with Crippen molar-refractivity contribution in [1.82, 2.24) is 5.32 Å². The molecule has 4 nitrogen and oxygen atoms in total. The molecular formula is C22H24N2O2S. The monoisotopic (exact) mass is 380 g/mol. The molecule has 2 aliphatic rings. The Hall–Kier alpha value is -2.32. The Kier molecular flexibility index (Phi) is 5.57. The van der Waals surface area contributed by atoms with E-state index in [0.717, 1.165) is 22.7 Å². The second-order valence-corrected chi connectivity index (χ2v) is 8.84. The van der Waals surface area contributed by atoms with Crippen molar-refractivity contribution in [2.24, 2.45) is 11.3 Å². The van der Waals surface area contributed by atoms with E-state index in [1.807, 2.05) is 25.1 Å². The van der Waals surface area contributed by atoms with Crippen LogP contribution in [-0.2, 0) is 4.79 Å². The van der Waals surface area contributed by atoms with Crippen LogP contribution in [0, 0.1) is 22.7 Å². The summed E-state index contributed by atoms with van der Waals surface area (Å²) < 4.78 is 0. The molecule has 27 heavy (non-hydrogen) atoms. The molecule has 140 valence electrons. The highest BCUT2D eigenvalue weighted by atomic mass is 32.2. The van der Waals surface area contributed by atoms with Gasteiger partial charge in [0.1, 0.15) is 0 Å². The van der Waals surface area contributed by atoms with Gasteiger partial charge >= 0.3 is 0 Å². The molecule has 1 aliphatic carbocycles. The zero-order chi connectivity index (χ0) is 19.6. The maximum Gasteiger partial charge on any atom is 0.173 e. The van der Waals surface area contributed by atoms with Gasteiger partial charge in [-0.15, -0.1) is 0 Å². The minimum Gasteiger partial charge on any atom is -0.352 e. The number of thioether (sulfide) groups is 1. The van der Waals surface area contributed by atoms with Crippen LogP contribution >= 0.6 is 11.8 Å². The average Bonchev–Trinajstić information content (AvgIpc) is 2.64. The summed E-state index contributed by atoms with van der Waals surface area (Å²) in [6.07, 6.45) is 1.99. The first-order chi connectivity index (χ1) is 12.9. The molecule has 1 N–H and O–H groups in total. The fourth-order valence-electron chi connectivity index (χ4n) is 3.85. The summed E-state index contributed by atoms with van der Waals surface area (Å²) in [4.78, 5) is 25.2. The largest absolute Gasteiger partial charge is 0.352 e. The van der Waals surface area contributed by atoms with Crippen molar-refractivity contribution in [3.05, 3.63) is 57.8 Å². The lowest BCUT2D eigenvalue weighted by Crippen LogP contribution is -2.37. The number of allylic oxidation sites excluding steroid dienone is 3. The minimum atomic E-state index is -0.177. The first kappa shape index (κ1) is 19.4. The number of nitrogens with one attached hydrogen (secondary N) is 1. The molecule has 0 saturated carbocycles. The smallest absolute Gasteiger partial charge is 0.173 e. The summed E-state index contributed by atoms with van der Waals surface area (Å²) in [6, 6.07) is 11.5. The van der Waals surface area contributed by atoms with E-state index in [1.165, 1.54) is 11.8 Å². The number of Topliss-reactive ketones (excluding diaryl/α,β-unsaturated/α-hetero) is 2. The molecule has 1 aliphatic heterocycles. The SMILES string of the molecule is CCC1C(C#N)=C(SCC(=O)c2ccccc2)NC2=C1C(=O)CC(C)(C)C2. The van der Waals surface area contributed by atoms with Gasteiger partial charge in [-0.2, -0.15) is 5.26 Å². The van der Waals surface area contributed by atoms with Crippen LogP contribution in [0.4, 0.5) is 0 Å². The molecule has 0 radical (unpaired) electrons. The molecule has 0 fully saturated rings. The molecule has 0 saturated heterocycles. The lowest BCUT2D eigenvalue weighted by Gasteiger charge is -2.38. The summed E-state index contributed by atoms with van der Waals surface area (Å²) >= 11 is 1.36. The van der Waals surface area contributed by atoms with E-state index in [0.29, 0.717) is 24.0 Å². The zero-order valence-corrected chi connectivity index (χ0v) is 16.8. The summed E-state index contributed by atoms with van der Waals surface area (Å²) in [7, 11) is 0. The van der Waals surface area contributed by atoms with Gasteiger partial charge in [-0.1, -0.05) is 62.9 Å². The average molecular weight is 381 g/mol. The van der Waals surface area contributed by atoms with Crippen LogP contribution < -0.4 is 5.32 Å². The predicted octanol–water partition coefficient (Wildman–Crippen LogP) is 4.61. The Labute approximate surface area is 164 Å². The van der Waals surface area contributed by atoms with Crippen LogP contribution in [0.5, 0.6) is 0 Å². The molecule has 0 aromatic heterocycles. The Morgan fingerprint density at radius 1 is 1.30 bits per heavy atom. The summed E-state index contributed by atoms with van der Waals surface area (Å²) in [5.41, 5.74) is 2.85. The Morgan fingerprint density at radius 3 is 2.63 bits per heavy atom. The van der Waals surface area contributed by atoms with E-state index < -0.39 is 0 Å². The topological polar surface area (TPSA) is 70.0 Å². The maximum atomic E-state index is 12.7. The van der Waals surface area contributed by atoms with Gasteiger partial charge in [0.25, 0.3) is 0 Å². The number of benzene rings is 1. The Bertz CT molecular complexity index is 875. The van der Waals surface area contributed by atoms with Gasteiger partial charge in [0.15, 0.2) is 11.6 Å². The number of ketones is 2. The van der Waals surface area contributed by atoms with Crippen LogP contribution in [-0.4, -0.2) is 17.3 Å². The predicted molar refractivity (Wildman–Crippen MR) is 108 cm³/mol. The molecule has 0 bridgehead atoms.